The molecule has 0 bridgehead atoms. The fraction of sp³-hybridized carbons (Fsp3) is 0.409. The van der Waals surface area contributed by atoms with Gasteiger partial charge in [-0.1, -0.05) is 62.4 Å². The second-order valence-electron chi connectivity index (χ2n) is 6.76. The van der Waals surface area contributed by atoms with Crippen LogP contribution in [0.15, 0.2) is 44.3 Å². The van der Waals surface area contributed by atoms with Crippen molar-refractivity contribution >= 4 is 61.3 Å². The zero-order chi connectivity index (χ0) is 20.5. The number of halogens is 4. The Morgan fingerprint density at radius 2 is 1.79 bits per heavy atom. The van der Waals surface area contributed by atoms with Crippen molar-refractivity contribution in [2.75, 3.05) is 6.54 Å². The number of rotatable bonds is 10. The monoisotopic (exact) mass is 547 g/mol. The molecule has 2 nitrogen and oxygen atoms in total. The summed E-state index contributed by atoms with van der Waals surface area (Å²) in [4.78, 5) is 4.65. The molecule has 0 aliphatic rings. The predicted molar refractivity (Wildman–Crippen MR) is 128 cm³/mol. The van der Waals surface area contributed by atoms with Crippen molar-refractivity contribution in [3.63, 3.8) is 0 Å². The summed E-state index contributed by atoms with van der Waals surface area (Å²) in [6.45, 7) is 5.75. The third kappa shape index (κ3) is 7.37. The molecule has 0 radical (unpaired) electrons. The van der Waals surface area contributed by atoms with Crippen LogP contribution in [-0.2, 0) is 6.61 Å². The van der Waals surface area contributed by atoms with Gasteiger partial charge in [-0.2, -0.15) is 0 Å². The second kappa shape index (κ2) is 12.2. The Balaban J connectivity index is 2.01. The highest BCUT2D eigenvalue weighted by Gasteiger charge is 2.10. The van der Waals surface area contributed by atoms with E-state index in [1.807, 2.05) is 30.5 Å². The van der Waals surface area contributed by atoms with Crippen LogP contribution in [-0.4, -0.2) is 12.8 Å². The van der Waals surface area contributed by atoms with Gasteiger partial charge in [-0.25, -0.2) is 0 Å². The summed E-state index contributed by atoms with van der Waals surface area (Å²) in [5, 5.41) is 1.06. The zero-order valence-corrected chi connectivity index (χ0v) is 20.8. The summed E-state index contributed by atoms with van der Waals surface area (Å²) >= 11 is 19.2. The van der Waals surface area contributed by atoms with Crippen molar-refractivity contribution in [2.45, 2.75) is 46.1 Å². The van der Waals surface area contributed by atoms with Gasteiger partial charge >= 0.3 is 0 Å². The molecule has 2 rings (SSSR count). The molecule has 0 spiro atoms. The van der Waals surface area contributed by atoms with Crippen LogP contribution >= 0.6 is 55.1 Å². The van der Waals surface area contributed by atoms with Gasteiger partial charge in [-0.15, -0.1) is 0 Å². The molecular formula is C22H25Br2Cl2NO. The van der Waals surface area contributed by atoms with Gasteiger partial charge < -0.3 is 4.74 Å². The molecule has 6 heteroatoms. The van der Waals surface area contributed by atoms with Crippen LogP contribution in [0.2, 0.25) is 10.0 Å². The minimum atomic E-state index is 0.400. The van der Waals surface area contributed by atoms with Crippen LogP contribution in [0.3, 0.4) is 0 Å². The summed E-state index contributed by atoms with van der Waals surface area (Å²) in [6, 6.07) is 9.53. The lowest BCUT2D eigenvalue weighted by Crippen LogP contribution is -2.03. The normalized spacial score (nSPS) is 12.5. The average molecular weight is 550 g/mol. The van der Waals surface area contributed by atoms with Gasteiger partial charge in [-0.05, 0) is 79.6 Å². The largest absolute Gasteiger partial charge is 0.487 e. The molecule has 0 saturated heterocycles. The van der Waals surface area contributed by atoms with Crippen molar-refractivity contribution in [3.8, 4) is 5.75 Å². The van der Waals surface area contributed by atoms with Gasteiger partial charge in [0.1, 0.15) is 12.4 Å². The lowest BCUT2D eigenvalue weighted by atomic mass is 10.00. The van der Waals surface area contributed by atoms with E-state index in [1.54, 1.807) is 6.07 Å². The molecule has 0 aromatic heterocycles. The van der Waals surface area contributed by atoms with E-state index in [4.69, 9.17) is 27.9 Å². The molecule has 0 fully saturated rings. The smallest absolute Gasteiger partial charge is 0.148 e. The van der Waals surface area contributed by atoms with Crippen LogP contribution in [0.1, 0.15) is 50.7 Å². The maximum Gasteiger partial charge on any atom is 0.148 e. The topological polar surface area (TPSA) is 21.6 Å². The Labute approximate surface area is 194 Å². The zero-order valence-electron chi connectivity index (χ0n) is 16.2. The van der Waals surface area contributed by atoms with Crippen LogP contribution < -0.4 is 4.74 Å². The third-order valence-corrected chi connectivity index (χ3v) is 6.45. The molecular weight excluding hydrogens is 525 g/mol. The van der Waals surface area contributed by atoms with Gasteiger partial charge in [0.05, 0.1) is 19.0 Å². The van der Waals surface area contributed by atoms with E-state index < -0.39 is 0 Å². The number of ether oxygens (including phenoxy) is 1. The maximum atomic E-state index is 6.07. The Morgan fingerprint density at radius 3 is 2.39 bits per heavy atom. The minimum Gasteiger partial charge on any atom is -0.487 e. The van der Waals surface area contributed by atoms with Crippen molar-refractivity contribution < 1.29 is 4.74 Å². The summed E-state index contributed by atoms with van der Waals surface area (Å²) in [5.74, 6) is 1.41. The van der Waals surface area contributed by atoms with E-state index >= 15 is 0 Å². The first-order valence-electron chi connectivity index (χ1n) is 9.50. The number of unbranched alkanes of at least 4 members (excludes halogenated alkanes) is 1. The molecule has 0 aliphatic carbocycles. The van der Waals surface area contributed by atoms with Crippen LogP contribution in [0.5, 0.6) is 5.75 Å². The fourth-order valence-electron chi connectivity index (χ4n) is 2.80. The van der Waals surface area contributed by atoms with Crippen molar-refractivity contribution in [1.29, 1.82) is 0 Å². The molecule has 0 amide bonds. The van der Waals surface area contributed by atoms with Gasteiger partial charge in [-0.3, -0.25) is 4.99 Å². The number of nitrogens with zero attached hydrogens (tertiary/aromatic N) is 1. The van der Waals surface area contributed by atoms with Gasteiger partial charge in [0.15, 0.2) is 0 Å². The van der Waals surface area contributed by atoms with Gasteiger partial charge in [0.25, 0.3) is 0 Å². The van der Waals surface area contributed by atoms with Crippen LogP contribution in [0.4, 0.5) is 0 Å². The van der Waals surface area contributed by atoms with E-state index in [1.165, 1.54) is 25.7 Å². The number of hydrogen-bond donors (Lipinski definition) is 0. The maximum absolute atomic E-state index is 6.07. The summed E-state index contributed by atoms with van der Waals surface area (Å²) in [6.07, 6.45) is 6.87. The first-order valence-corrected chi connectivity index (χ1v) is 11.8. The van der Waals surface area contributed by atoms with Crippen molar-refractivity contribution in [1.82, 2.24) is 0 Å². The molecule has 0 saturated carbocycles. The highest BCUT2D eigenvalue weighted by atomic mass is 79.9. The molecule has 0 heterocycles. The molecule has 2 aromatic carbocycles. The SMILES string of the molecule is CCCCC(CC)C/N=C/c1cc(Br)c(OCc2ccc(Cl)c(Cl)c2)c(Br)c1. The van der Waals surface area contributed by atoms with Crippen LogP contribution in [0.25, 0.3) is 0 Å². The van der Waals surface area contributed by atoms with E-state index in [2.05, 4.69) is 50.7 Å². The molecule has 152 valence electrons. The minimum absolute atomic E-state index is 0.400. The van der Waals surface area contributed by atoms with E-state index in [-0.39, 0.29) is 0 Å². The lowest BCUT2D eigenvalue weighted by Gasteiger charge is -2.12. The Bertz CT molecular complexity index is 788. The van der Waals surface area contributed by atoms with Crippen molar-refractivity contribution in [3.05, 3.63) is 60.4 Å². The first kappa shape index (κ1) is 23.7. The molecule has 1 unspecified atom stereocenters. The summed E-state index contributed by atoms with van der Waals surface area (Å²) in [5.41, 5.74) is 1.99. The van der Waals surface area contributed by atoms with E-state index in [0.717, 1.165) is 32.4 Å². The van der Waals surface area contributed by atoms with Crippen LogP contribution in [0, 0.1) is 5.92 Å². The molecule has 0 aliphatic heterocycles. The standard InChI is InChI=1S/C22H25Br2Cl2NO/c1-3-5-6-15(4-2)12-27-13-17-9-18(23)22(19(24)10-17)28-14-16-7-8-20(25)21(26)11-16/h7-11,13,15H,3-6,12,14H2,1-2H3/b27-13+. The van der Waals surface area contributed by atoms with Gasteiger partial charge in [0.2, 0.25) is 0 Å². The number of benzene rings is 2. The molecule has 2 aromatic rings. The highest BCUT2D eigenvalue weighted by Crippen LogP contribution is 2.35. The summed E-state index contributed by atoms with van der Waals surface area (Å²) in [7, 11) is 0. The number of aliphatic imine (C=N–C) groups is 1. The highest BCUT2D eigenvalue weighted by molar-refractivity contribution is 9.11. The van der Waals surface area contributed by atoms with Crippen molar-refractivity contribution in [2.24, 2.45) is 10.9 Å². The molecule has 28 heavy (non-hydrogen) atoms. The lowest BCUT2D eigenvalue weighted by molar-refractivity contribution is 0.302. The van der Waals surface area contributed by atoms with E-state index in [0.29, 0.717) is 22.6 Å². The van der Waals surface area contributed by atoms with E-state index in [9.17, 15) is 0 Å². The Kier molecular flexibility index (Phi) is 10.4. The average Bonchev–Trinajstić information content (AvgIpc) is 2.66. The Morgan fingerprint density at radius 1 is 1.07 bits per heavy atom. The second-order valence-corrected chi connectivity index (χ2v) is 9.28. The Hall–Kier alpha value is -0.550. The first-order chi connectivity index (χ1) is 13.4. The fourth-order valence-corrected chi connectivity index (χ4v) is 4.57. The predicted octanol–water partition coefficient (Wildman–Crippen LogP) is 8.73. The molecule has 0 N–H and O–H groups in total. The number of hydrogen-bond acceptors (Lipinski definition) is 2. The molecule has 1 atom stereocenters. The third-order valence-electron chi connectivity index (χ3n) is 4.54. The van der Waals surface area contributed by atoms with Gasteiger partial charge in [0, 0.05) is 12.8 Å². The quantitative estimate of drug-likeness (QED) is 0.271. The summed E-state index contributed by atoms with van der Waals surface area (Å²) < 4.78 is 7.72.